The number of alkyl halides is 3. The highest BCUT2D eigenvalue weighted by atomic mass is 35.5. The molecular formula is C29H32Cl4F3N9O3. The van der Waals surface area contributed by atoms with Gasteiger partial charge in [-0.15, -0.1) is 37.2 Å². The van der Waals surface area contributed by atoms with Gasteiger partial charge in [0.15, 0.2) is 11.5 Å². The van der Waals surface area contributed by atoms with Crippen molar-refractivity contribution in [1.82, 2.24) is 34.1 Å². The van der Waals surface area contributed by atoms with Gasteiger partial charge in [0.25, 0.3) is 11.8 Å². The Morgan fingerprint density at radius 3 is 2.29 bits per heavy atom. The summed E-state index contributed by atoms with van der Waals surface area (Å²) >= 11 is 6.41. The maximum absolute atomic E-state index is 13.9. The SMILES string of the molecule is C[C@H](N)C(=O)N1CCN(C(=O)c2ccc(NC(=O)c3ncc(-c4cn(Cc5cccnc5)nc4C(F)(F)F)n3C)cc2Cl)CC1.Cl.Cl.Cl. The molecule has 1 aromatic carbocycles. The van der Waals surface area contributed by atoms with Crippen LogP contribution in [0.3, 0.4) is 0 Å². The summed E-state index contributed by atoms with van der Waals surface area (Å²) in [5.74, 6) is -1.38. The number of hydrogen-bond acceptors (Lipinski definition) is 7. The van der Waals surface area contributed by atoms with Crippen molar-refractivity contribution in [2.24, 2.45) is 12.8 Å². The Balaban J connectivity index is 0.00000267. The zero-order chi connectivity index (χ0) is 32.5. The summed E-state index contributed by atoms with van der Waals surface area (Å²) in [6.45, 7) is 2.98. The number of rotatable bonds is 7. The molecule has 5 rings (SSSR count). The van der Waals surface area contributed by atoms with Crippen LogP contribution >= 0.6 is 48.8 Å². The zero-order valence-corrected chi connectivity index (χ0v) is 28.7. The third-order valence-electron chi connectivity index (χ3n) is 7.29. The van der Waals surface area contributed by atoms with E-state index in [4.69, 9.17) is 17.3 Å². The Morgan fingerprint density at radius 2 is 1.71 bits per heavy atom. The van der Waals surface area contributed by atoms with Gasteiger partial charge in [-0.05, 0) is 36.8 Å². The monoisotopic (exact) mass is 751 g/mol. The molecule has 12 nitrogen and oxygen atoms in total. The first-order valence-corrected chi connectivity index (χ1v) is 14.2. The molecule has 1 aliphatic rings. The molecule has 48 heavy (non-hydrogen) atoms. The Bertz CT molecular complexity index is 1740. The number of benzene rings is 1. The molecule has 19 heteroatoms. The number of nitrogens with two attached hydrogens (primary N) is 1. The number of amides is 3. The molecule has 1 aliphatic heterocycles. The number of carbonyl (C=O) groups excluding carboxylic acids is 3. The van der Waals surface area contributed by atoms with Gasteiger partial charge >= 0.3 is 6.18 Å². The van der Waals surface area contributed by atoms with Crippen LogP contribution in [0.4, 0.5) is 18.9 Å². The van der Waals surface area contributed by atoms with Crippen LogP contribution in [0.5, 0.6) is 0 Å². The fraction of sp³-hybridized carbons (Fsp3) is 0.310. The van der Waals surface area contributed by atoms with Crippen molar-refractivity contribution in [2.75, 3.05) is 31.5 Å². The third-order valence-corrected chi connectivity index (χ3v) is 7.60. The molecule has 0 radical (unpaired) electrons. The highest BCUT2D eigenvalue weighted by Gasteiger charge is 2.38. The average molecular weight is 753 g/mol. The van der Waals surface area contributed by atoms with Gasteiger partial charge in [0.2, 0.25) is 5.91 Å². The lowest BCUT2D eigenvalue weighted by Crippen LogP contribution is -2.53. The van der Waals surface area contributed by atoms with E-state index in [0.29, 0.717) is 31.7 Å². The summed E-state index contributed by atoms with van der Waals surface area (Å²) in [5.41, 5.74) is 5.47. The number of halogens is 7. The molecule has 4 aromatic rings. The zero-order valence-electron chi connectivity index (χ0n) is 25.5. The molecule has 0 saturated carbocycles. The molecule has 0 unspecified atom stereocenters. The number of nitrogens with one attached hydrogen (secondary N) is 1. The van der Waals surface area contributed by atoms with Gasteiger partial charge in [-0.25, -0.2) is 4.98 Å². The van der Waals surface area contributed by atoms with Gasteiger partial charge in [0, 0.05) is 57.5 Å². The maximum atomic E-state index is 13.9. The van der Waals surface area contributed by atoms with E-state index < -0.39 is 23.8 Å². The summed E-state index contributed by atoms with van der Waals surface area (Å²) in [6, 6.07) is 7.12. The molecule has 4 heterocycles. The predicted octanol–water partition coefficient (Wildman–Crippen LogP) is 4.55. The molecule has 260 valence electrons. The minimum atomic E-state index is -4.76. The normalized spacial score (nSPS) is 13.5. The van der Waals surface area contributed by atoms with Crippen LogP contribution in [-0.2, 0) is 24.6 Å². The van der Waals surface area contributed by atoms with Gasteiger partial charge in [-0.1, -0.05) is 17.7 Å². The van der Waals surface area contributed by atoms with E-state index in [1.807, 2.05) is 0 Å². The molecule has 1 fully saturated rings. The van der Waals surface area contributed by atoms with Gasteiger partial charge in [-0.2, -0.15) is 18.3 Å². The number of imidazole rings is 1. The van der Waals surface area contributed by atoms with Crippen molar-refractivity contribution in [3.63, 3.8) is 0 Å². The average Bonchev–Trinajstić information content (AvgIpc) is 3.60. The number of aromatic nitrogens is 5. The van der Waals surface area contributed by atoms with Crippen molar-refractivity contribution < 1.29 is 27.6 Å². The van der Waals surface area contributed by atoms with Crippen molar-refractivity contribution >= 4 is 72.2 Å². The Kier molecular flexibility index (Phi) is 13.8. The first kappa shape index (κ1) is 40.3. The van der Waals surface area contributed by atoms with E-state index in [2.05, 4.69) is 20.4 Å². The Morgan fingerprint density at radius 1 is 1.04 bits per heavy atom. The van der Waals surface area contributed by atoms with Crippen LogP contribution < -0.4 is 11.1 Å². The lowest BCUT2D eigenvalue weighted by atomic mass is 10.1. The smallest absolute Gasteiger partial charge is 0.338 e. The second kappa shape index (κ2) is 16.5. The van der Waals surface area contributed by atoms with E-state index in [-0.39, 0.29) is 88.9 Å². The van der Waals surface area contributed by atoms with E-state index in [9.17, 15) is 27.6 Å². The molecule has 3 aromatic heterocycles. The molecular weight excluding hydrogens is 721 g/mol. The summed E-state index contributed by atoms with van der Waals surface area (Å²) in [4.78, 5) is 49.6. The Hall–Kier alpha value is -3.89. The molecule has 0 aliphatic carbocycles. The molecule has 0 spiro atoms. The molecule has 1 saturated heterocycles. The first-order valence-electron chi connectivity index (χ1n) is 13.8. The maximum Gasteiger partial charge on any atom is 0.435 e. The van der Waals surface area contributed by atoms with E-state index >= 15 is 0 Å². The standard InChI is InChI=1S/C29H29ClF3N9O3.3ClH/c1-17(34)27(44)40-8-10-41(11-9-40)28(45)20-6-5-19(12-22(20)30)37-26(43)25-36-14-23(39(25)2)21-16-42(38-24(21)29(31,32)33)15-18-4-3-7-35-13-18;;;/h3-7,12-14,16-17H,8-11,15,34H2,1-2H3,(H,37,43);3*1H/t17-;;;/m0.../s1. The minimum absolute atomic E-state index is 0. The highest BCUT2D eigenvalue weighted by Crippen LogP contribution is 2.36. The molecule has 1 atom stereocenters. The van der Waals surface area contributed by atoms with Gasteiger partial charge in [-0.3, -0.25) is 24.0 Å². The van der Waals surface area contributed by atoms with E-state index in [1.165, 1.54) is 48.4 Å². The number of anilines is 1. The fourth-order valence-corrected chi connectivity index (χ4v) is 5.25. The van der Waals surface area contributed by atoms with E-state index in [1.54, 1.807) is 35.1 Å². The van der Waals surface area contributed by atoms with Crippen LogP contribution in [-0.4, -0.2) is 84.1 Å². The van der Waals surface area contributed by atoms with Gasteiger partial charge < -0.3 is 25.4 Å². The Labute approximate surface area is 297 Å². The van der Waals surface area contributed by atoms with Crippen LogP contribution in [0.1, 0.15) is 39.2 Å². The van der Waals surface area contributed by atoms with Gasteiger partial charge in [0.05, 0.1) is 40.6 Å². The lowest BCUT2D eigenvalue weighted by molar-refractivity contribution is -0.141. The number of carbonyl (C=O) groups is 3. The number of pyridine rings is 1. The summed E-state index contributed by atoms with van der Waals surface area (Å²) in [6.07, 6.45) is 0.754. The van der Waals surface area contributed by atoms with Gasteiger partial charge in [0.1, 0.15) is 0 Å². The largest absolute Gasteiger partial charge is 0.435 e. The second-order valence-corrected chi connectivity index (χ2v) is 10.9. The number of piperazine rings is 1. The minimum Gasteiger partial charge on any atom is -0.338 e. The van der Waals surface area contributed by atoms with Crippen molar-refractivity contribution in [3.8, 4) is 11.3 Å². The molecule has 3 amide bonds. The van der Waals surface area contributed by atoms with Crippen LogP contribution in [0, 0.1) is 0 Å². The fourth-order valence-electron chi connectivity index (χ4n) is 4.99. The molecule has 0 bridgehead atoms. The molecule has 3 N–H and O–H groups in total. The van der Waals surface area contributed by atoms with Crippen LogP contribution in [0.25, 0.3) is 11.3 Å². The predicted molar refractivity (Wildman–Crippen MR) is 180 cm³/mol. The van der Waals surface area contributed by atoms with Crippen molar-refractivity contribution in [2.45, 2.75) is 25.7 Å². The summed E-state index contributed by atoms with van der Waals surface area (Å²) in [7, 11) is 1.42. The quantitative estimate of drug-likeness (QED) is 0.282. The van der Waals surface area contributed by atoms with E-state index in [0.717, 1.165) is 4.68 Å². The highest BCUT2D eigenvalue weighted by molar-refractivity contribution is 6.34. The third kappa shape index (κ3) is 8.76. The first-order chi connectivity index (χ1) is 21.3. The lowest BCUT2D eigenvalue weighted by Gasteiger charge is -2.35. The summed E-state index contributed by atoms with van der Waals surface area (Å²) in [5, 5.41) is 6.47. The van der Waals surface area contributed by atoms with Crippen molar-refractivity contribution in [3.05, 3.63) is 82.8 Å². The second-order valence-electron chi connectivity index (χ2n) is 10.5. The number of hydrogen-bond donors (Lipinski definition) is 2. The van der Waals surface area contributed by atoms with Crippen LogP contribution in [0.15, 0.2) is 55.1 Å². The topological polar surface area (TPSA) is 144 Å². The summed E-state index contributed by atoms with van der Waals surface area (Å²) < 4.78 is 44.2. The van der Waals surface area contributed by atoms with Crippen molar-refractivity contribution in [1.29, 1.82) is 0 Å². The number of nitrogens with zero attached hydrogens (tertiary/aromatic N) is 7. The van der Waals surface area contributed by atoms with Crippen LogP contribution in [0.2, 0.25) is 5.02 Å².